The summed E-state index contributed by atoms with van der Waals surface area (Å²) in [6.45, 7) is 1.22. The van der Waals surface area contributed by atoms with E-state index in [0.717, 1.165) is 11.3 Å². The van der Waals surface area contributed by atoms with Gasteiger partial charge in [-0.1, -0.05) is 6.07 Å². The number of carbonyl (C=O) groups is 2. The fourth-order valence-corrected chi connectivity index (χ4v) is 2.36. The topological polar surface area (TPSA) is 49.9 Å². The van der Waals surface area contributed by atoms with Crippen LogP contribution in [-0.4, -0.2) is 50.9 Å². The molecule has 1 aliphatic heterocycles. The standard InChI is InChI=1S/C16H20N2O3/c1-17(2)10-13-11-18(8-7-15(13)19)14-6-4-5-12(9-14)16(20)21-3/h4-6,9-10H,7-8,11H2,1-3H3/b13-10+. The first kappa shape index (κ1) is 15.1. The Kier molecular flexibility index (Phi) is 4.62. The highest BCUT2D eigenvalue weighted by molar-refractivity contribution is 5.98. The normalized spacial score (nSPS) is 17.0. The second-order valence-corrected chi connectivity index (χ2v) is 5.25. The molecule has 0 unspecified atom stereocenters. The Morgan fingerprint density at radius 2 is 2.14 bits per heavy atom. The van der Waals surface area contributed by atoms with Crippen molar-refractivity contribution in [1.29, 1.82) is 0 Å². The van der Waals surface area contributed by atoms with E-state index in [1.54, 1.807) is 12.1 Å². The van der Waals surface area contributed by atoms with Gasteiger partial charge in [0.05, 0.1) is 12.7 Å². The number of methoxy groups -OCH3 is 1. The molecule has 0 saturated carbocycles. The first-order valence-electron chi connectivity index (χ1n) is 6.85. The third kappa shape index (κ3) is 3.62. The summed E-state index contributed by atoms with van der Waals surface area (Å²) in [7, 11) is 5.17. The van der Waals surface area contributed by atoms with Crippen LogP contribution in [0.1, 0.15) is 16.8 Å². The molecule has 1 heterocycles. The van der Waals surface area contributed by atoms with Crippen LogP contribution in [0.5, 0.6) is 0 Å². The summed E-state index contributed by atoms with van der Waals surface area (Å²) in [5, 5.41) is 0. The maximum Gasteiger partial charge on any atom is 0.337 e. The molecule has 0 radical (unpaired) electrons. The molecular weight excluding hydrogens is 268 g/mol. The largest absolute Gasteiger partial charge is 0.465 e. The minimum absolute atomic E-state index is 0.184. The van der Waals surface area contributed by atoms with Crippen molar-refractivity contribution in [2.24, 2.45) is 0 Å². The van der Waals surface area contributed by atoms with Gasteiger partial charge in [0.2, 0.25) is 0 Å². The number of piperidine rings is 1. The number of esters is 1. The predicted molar refractivity (Wildman–Crippen MR) is 81.4 cm³/mol. The van der Waals surface area contributed by atoms with Crippen LogP contribution < -0.4 is 4.90 Å². The molecule has 1 saturated heterocycles. The fraction of sp³-hybridized carbons (Fsp3) is 0.375. The van der Waals surface area contributed by atoms with Gasteiger partial charge in [0.1, 0.15) is 0 Å². The van der Waals surface area contributed by atoms with Crippen LogP contribution in [-0.2, 0) is 9.53 Å². The van der Waals surface area contributed by atoms with Gasteiger partial charge in [-0.25, -0.2) is 4.79 Å². The molecule has 0 aromatic heterocycles. The quantitative estimate of drug-likeness (QED) is 0.626. The van der Waals surface area contributed by atoms with Crippen LogP contribution in [0.15, 0.2) is 36.0 Å². The Morgan fingerprint density at radius 1 is 1.38 bits per heavy atom. The maximum absolute atomic E-state index is 11.9. The summed E-state index contributed by atoms with van der Waals surface area (Å²) in [6.07, 6.45) is 2.35. The second kappa shape index (κ2) is 6.43. The molecule has 1 aromatic rings. The third-order valence-electron chi connectivity index (χ3n) is 3.37. The number of anilines is 1. The number of ketones is 1. The van der Waals surface area contributed by atoms with Crippen LogP contribution in [0.3, 0.4) is 0 Å². The van der Waals surface area contributed by atoms with E-state index in [0.29, 0.717) is 25.1 Å². The Labute approximate surface area is 124 Å². The van der Waals surface area contributed by atoms with Crippen molar-refractivity contribution in [3.63, 3.8) is 0 Å². The smallest absolute Gasteiger partial charge is 0.337 e. The highest BCUT2D eigenvalue weighted by Crippen LogP contribution is 2.22. The molecular formula is C16H20N2O3. The summed E-state index contributed by atoms with van der Waals surface area (Å²) >= 11 is 0. The van der Waals surface area contributed by atoms with Gasteiger partial charge in [-0.3, -0.25) is 4.79 Å². The van der Waals surface area contributed by atoms with Crippen molar-refractivity contribution >= 4 is 17.4 Å². The monoisotopic (exact) mass is 288 g/mol. The van der Waals surface area contributed by atoms with E-state index in [-0.39, 0.29) is 11.8 Å². The maximum atomic E-state index is 11.9. The Bertz CT molecular complexity index is 579. The molecule has 0 amide bonds. The predicted octanol–water partition coefficient (Wildman–Crippen LogP) is 1.70. The number of hydrogen-bond donors (Lipinski definition) is 0. The summed E-state index contributed by atoms with van der Waals surface area (Å²) in [4.78, 5) is 27.5. The average Bonchev–Trinajstić information content (AvgIpc) is 2.48. The zero-order chi connectivity index (χ0) is 15.4. The zero-order valence-electron chi connectivity index (χ0n) is 12.6. The van der Waals surface area contributed by atoms with Crippen LogP contribution in [0.25, 0.3) is 0 Å². The number of benzene rings is 1. The van der Waals surface area contributed by atoms with Crippen molar-refractivity contribution in [2.75, 3.05) is 39.2 Å². The number of ether oxygens (including phenoxy) is 1. The van der Waals surface area contributed by atoms with E-state index in [1.807, 2.05) is 37.3 Å². The van der Waals surface area contributed by atoms with Gasteiger partial charge < -0.3 is 14.5 Å². The first-order valence-corrected chi connectivity index (χ1v) is 6.85. The van der Waals surface area contributed by atoms with Gasteiger partial charge in [0.25, 0.3) is 0 Å². The highest BCUT2D eigenvalue weighted by Gasteiger charge is 2.22. The van der Waals surface area contributed by atoms with E-state index < -0.39 is 0 Å². The van der Waals surface area contributed by atoms with Crippen molar-refractivity contribution in [3.05, 3.63) is 41.6 Å². The average molecular weight is 288 g/mol. The van der Waals surface area contributed by atoms with E-state index >= 15 is 0 Å². The van der Waals surface area contributed by atoms with Crippen LogP contribution in [0, 0.1) is 0 Å². The number of rotatable bonds is 3. The first-order chi connectivity index (χ1) is 10.0. The van der Waals surface area contributed by atoms with Crippen molar-refractivity contribution < 1.29 is 14.3 Å². The SMILES string of the molecule is COC(=O)c1cccc(N2CCC(=O)/C(=C/N(C)C)C2)c1. The summed E-state index contributed by atoms with van der Waals surface area (Å²) in [5.41, 5.74) is 2.23. The van der Waals surface area contributed by atoms with Crippen molar-refractivity contribution in [2.45, 2.75) is 6.42 Å². The number of hydrogen-bond acceptors (Lipinski definition) is 5. The zero-order valence-corrected chi connectivity index (χ0v) is 12.6. The molecule has 112 valence electrons. The molecule has 1 aliphatic rings. The van der Waals surface area contributed by atoms with Gasteiger partial charge in [-0.15, -0.1) is 0 Å². The molecule has 0 aliphatic carbocycles. The lowest BCUT2D eigenvalue weighted by Gasteiger charge is -2.30. The van der Waals surface area contributed by atoms with Gasteiger partial charge in [0, 0.05) is 51.1 Å². The lowest BCUT2D eigenvalue weighted by atomic mass is 10.0. The molecule has 0 bridgehead atoms. The van der Waals surface area contributed by atoms with E-state index in [1.165, 1.54) is 7.11 Å². The Balaban J connectivity index is 2.22. The number of carbonyl (C=O) groups excluding carboxylic acids is 2. The lowest BCUT2D eigenvalue weighted by Crippen LogP contribution is -2.36. The lowest BCUT2D eigenvalue weighted by molar-refractivity contribution is -0.116. The minimum atomic E-state index is -0.353. The van der Waals surface area contributed by atoms with E-state index in [9.17, 15) is 9.59 Å². The third-order valence-corrected chi connectivity index (χ3v) is 3.37. The van der Waals surface area contributed by atoms with Crippen molar-refractivity contribution in [1.82, 2.24) is 4.90 Å². The molecule has 0 N–H and O–H groups in total. The summed E-state index contributed by atoms with van der Waals surface area (Å²) in [6, 6.07) is 7.29. The molecule has 0 atom stereocenters. The minimum Gasteiger partial charge on any atom is -0.465 e. The van der Waals surface area contributed by atoms with Crippen LogP contribution in [0.2, 0.25) is 0 Å². The fourth-order valence-electron chi connectivity index (χ4n) is 2.36. The number of nitrogens with zero attached hydrogens (tertiary/aromatic N) is 2. The van der Waals surface area contributed by atoms with Gasteiger partial charge in [0.15, 0.2) is 5.78 Å². The molecule has 1 fully saturated rings. The van der Waals surface area contributed by atoms with Crippen molar-refractivity contribution in [3.8, 4) is 0 Å². The highest BCUT2D eigenvalue weighted by atomic mass is 16.5. The molecule has 2 rings (SSSR count). The molecule has 5 heteroatoms. The Morgan fingerprint density at radius 3 is 2.81 bits per heavy atom. The van der Waals surface area contributed by atoms with E-state index in [2.05, 4.69) is 4.90 Å². The molecule has 0 spiro atoms. The molecule has 1 aromatic carbocycles. The summed E-state index contributed by atoms with van der Waals surface area (Å²) in [5.74, 6) is -0.168. The molecule has 5 nitrogen and oxygen atoms in total. The molecule has 21 heavy (non-hydrogen) atoms. The van der Waals surface area contributed by atoms with Crippen LogP contribution in [0.4, 0.5) is 5.69 Å². The van der Waals surface area contributed by atoms with Gasteiger partial charge >= 0.3 is 5.97 Å². The number of Topliss-reactive ketones (excluding diaryl/α,β-unsaturated/α-hetero) is 1. The summed E-state index contributed by atoms with van der Waals surface area (Å²) < 4.78 is 4.74. The van der Waals surface area contributed by atoms with Gasteiger partial charge in [-0.05, 0) is 18.2 Å². The second-order valence-electron chi connectivity index (χ2n) is 5.25. The van der Waals surface area contributed by atoms with Gasteiger partial charge in [-0.2, -0.15) is 0 Å². The van der Waals surface area contributed by atoms with Crippen LogP contribution >= 0.6 is 0 Å². The Hall–Kier alpha value is -2.30. The van der Waals surface area contributed by atoms with E-state index in [4.69, 9.17) is 4.74 Å².